The van der Waals surface area contributed by atoms with Gasteiger partial charge in [-0.15, -0.1) is 0 Å². The van der Waals surface area contributed by atoms with Crippen LogP contribution in [-0.2, 0) is 9.59 Å². The number of hydrogen-bond donors (Lipinski definition) is 1. The summed E-state index contributed by atoms with van der Waals surface area (Å²) in [7, 11) is 3.06. The zero-order chi connectivity index (χ0) is 25.1. The lowest BCUT2D eigenvalue weighted by Crippen LogP contribution is -2.29. The van der Waals surface area contributed by atoms with E-state index in [1.807, 2.05) is 13.8 Å². The molecule has 7 heteroatoms. The van der Waals surface area contributed by atoms with Gasteiger partial charge in [0.05, 0.1) is 31.9 Å². The average Bonchev–Trinajstić information content (AvgIpc) is 3.13. The van der Waals surface area contributed by atoms with Gasteiger partial charge in [0.25, 0.3) is 11.7 Å². The Labute approximate surface area is 204 Å². The van der Waals surface area contributed by atoms with Gasteiger partial charge < -0.3 is 19.3 Å². The van der Waals surface area contributed by atoms with Gasteiger partial charge in [-0.3, -0.25) is 14.5 Å². The normalized spacial score (nSPS) is 17.1. The first-order valence-corrected chi connectivity index (χ1v) is 11.2. The number of Topliss-reactive ketones (excluding diaryl/α,β-unsaturated/α-hetero) is 1. The number of hydrogen-bond acceptors (Lipinski definition) is 6. The first kappa shape index (κ1) is 23.9. The minimum Gasteiger partial charge on any atom is -0.507 e. The van der Waals surface area contributed by atoms with Gasteiger partial charge in [0.1, 0.15) is 23.0 Å². The minimum absolute atomic E-state index is 0.00634. The molecule has 4 rings (SSSR count). The molecule has 1 saturated heterocycles. The molecule has 1 amide bonds. The van der Waals surface area contributed by atoms with E-state index < -0.39 is 17.7 Å². The molecule has 0 saturated carbocycles. The number of amides is 1. The van der Waals surface area contributed by atoms with Gasteiger partial charge in [-0.2, -0.15) is 0 Å². The van der Waals surface area contributed by atoms with Gasteiger partial charge >= 0.3 is 0 Å². The van der Waals surface area contributed by atoms with Crippen molar-refractivity contribution in [3.8, 4) is 17.2 Å². The lowest BCUT2D eigenvalue weighted by Gasteiger charge is -2.27. The second-order valence-electron chi connectivity index (χ2n) is 8.30. The highest BCUT2D eigenvalue weighted by atomic mass is 16.5. The van der Waals surface area contributed by atoms with E-state index >= 15 is 0 Å². The summed E-state index contributed by atoms with van der Waals surface area (Å²) in [6.07, 6.45) is -0.00634. The van der Waals surface area contributed by atoms with E-state index in [1.165, 1.54) is 12.0 Å². The summed E-state index contributed by atoms with van der Waals surface area (Å²) in [5.41, 5.74) is 1.44. The molecule has 1 N–H and O–H groups in total. The maximum absolute atomic E-state index is 13.3. The Kier molecular flexibility index (Phi) is 6.78. The highest BCUT2D eigenvalue weighted by Gasteiger charge is 2.47. The number of ether oxygens (including phenoxy) is 3. The van der Waals surface area contributed by atoms with Gasteiger partial charge in [0.15, 0.2) is 0 Å². The lowest BCUT2D eigenvalue weighted by atomic mass is 9.94. The zero-order valence-electron chi connectivity index (χ0n) is 20.0. The molecule has 0 aliphatic carbocycles. The quantitative estimate of drug-likeness (QED) is 0.291. The Hall–Kier alpha value is -4.26. The van der Waals surface area contributed by atoms with Crippen LogP contribution in [0.25, 0.3) is 5.76 Å². The Bertz CT molecular complexity index is 1260. The predicted molar refractivity (Wildman–Crippen MR) is 133 cm³/mol. The van der Waals surface area contributed by atoms with E-state index in [0.717, 1.165) is 0 Å². The van der Waals surface area contributed by atoms with Gasteiger partial charge in [0, 0.05) is 16.8 Å². The molecule has 0 radical (unpaired) electrons. The van der Waals surface area contributed by atoms with Crippen molar-refractivity contribution in [1.82, 2.24) is 0 Å². The first-order valence-electron chi connectivity index (χ1n) is 11.2. The van der Waals surface area contributed by atoms with E-state index in [0.29, 0.717) is 34.1 Å². The highest BCUT2D eigenvalue weighted by Crippen LogP contribution is 2.45. The fourth-order valence-electron chi connectivity index (χ4n) is 4.15. The van der Waals surface area contributed by atoms with Crippen LogP contribution < -0.4 is 19.1 Å². The number of ketones is 1. The zero-order valence-corrected chi connectivity index (χ0v) is 20.0. The van der Waals surface area contributed by atoms with Crippen molar-refractivity contribution in [1.29, 1.82) is 0 Å². The first-order chi connectivity index (χ1) is 16.8. The fraction of sp³-hybridized carbons (Fsp3) is 0.214. The van der Waals surface area contributed by atoms with Crippen molar-refractivity contribution in [2.45, 2.75) is 26.0 Å². The van der Waals surface area contributed by atoms with Crippen molar-refractivity contribution in [3.63, 3.8) is 0 Å². The summed E-state index contributed by atoms with van der Waals surface area (Å²) in [5.74, 6) is -0.0569. The number of methoxy groups -OCH3 is 2. The number of nitrogens with zero attached hydrogens (tertiary/aromatic N) is 1. The van der Waals surface area contributed by atoms with Crippen LogP contribution in [0.3, 0.4) is 0 Å². The molecule has 1 fully saturated rings. The standard InChI is InChI=1S/C28H27NO6/c1-17(2)35-21-15-11-19(12-16-21)29-25(22-7-5-6-8-23(22)34-4)24(27(31)28(29)32)26(30)18-9-13-20(33-3)14-10-18/h5-17,25,30H,1-4H3/b26-24-. The molecule has 1 unspecified atom stereocenters. The molecular formula is C28H27NO6. The maximum Gasteiger partial charge on any atom is 0.300 e. The highest BCUT2D eigenvalue weighted by molar-refractivity contribution is 6.51. The van der Waals surface area contributed by atoms with E-state index in [4.69, 9.17) is 14.2 Å². The number of anilines is 1. The number of aliphatic hydroxyl groups is 1. The van der Waals surface area contributed by atoms with E-state index in [9.17, 15) is 14.7 Å². The van der Waals surface area contributed by atoms with Gasteiger partial charge in [-0.1, -0.05) is 18.2 Å². The molecule has 180 valence electrons. The summed E-state index contributed by atoms with van der Waals surface area (Å²) in [5, 5.41) is 11.3. The Balaban J connectivity index is 1.89. The van der Waals surface area contributed by atoms with Crippen molar-refractivity contribution < 1.29 is 28.9 Å². The third kappa shape index (κ3) is 4.57. The molecule has 3 aromatic carbocycles. The van der Waals surface area contributed by atoms with Crippen LogP contribution in [0.4, 0.5) is 5.69 Å². The monoisotopic (exact) mass is 473 g/mol. The fourth-order valence-corrected chi connectivity index (χ4v) is 4.15. The topological polar surface area (TPSA) is 85.3 Å². The molecule has 0 bridgehead atoms. The third-order valence-electron chi connectivity index (χ3n) is 5.73. The summed E-state index contributed by atoms with van der Waals surface area (Å²) in [6, 6.07) is 19.8. The molecule has 0 spiro atoms. The molecule has 3 aromatic rings. The van der Waals surface area contributed by atoms with E-state index in [-0.39, 0.29) is 17.4 Å². The van der Waals surface area contributed by atoms with Crippen LogP contribution in [0.5, 0.6) is 17.2 Å². The predicted octanol–water partition coefficient (Wildman–Crippen LogP) is 5.12. The second-order valence-corrected chi connectivity index (χ2v) is 8.30. The number of carbonyl (C=O) groups excluding carboxylic acids is 2. The molecule has 1 aliphatic heterocycles. The van der Waals surface area contributed by atoms with Crippen LogP contribution in [0.1, 0.15) is 31.0 Å². The molecule has 7 nitrogen and oxygen atoms in total. The Morgan fingerprint density at radius 2 is 1.49 bits per heavy atom. The third-order valence-corrected chi connectivity index (χ3v) is 5.73. The smallest absolute Gasteiger partial charge is 0.300 e. The molecule has 1 aliphatic rings. The number of rotatable bonds is 7. The summed E-state index contributed by atoms with van der Waals surface area (Å²) >= 11 is 0. The number of benzene rings is 3. The summed E-state index contributed by atoms with van der Waals surface area (Å²) < 4.78 is 16.5. The lowest BCUT2D eigenvalue weighted by molar-refractivity contribution is -0.132. The molecule has 1 heterocycles. The molecule has 1 atom stereocenters. The van der Waals surface area contributed by atoms with Gasteiger partial charge in [-0.05, 0) is 68.4 Å². The van der Waals surface area contributed by atoms with E-state index in [1.54, 1.807) is 79.9 Å². The number of aliphatic hydroxyl groups excluding tert-OH is 1. The van der Waals surface area contributed by atoms with Gasteiger partial charge in [-0.25, -0.2) is 0 Å². The van der Waals surface area contributed by atoms with Crippen molar-refractivity contribution in [2.75, 3.05) is 19.1 Å². The van der Waals surface area contributed by atoms with Crippen molar-refractivity contribution in [2.24, 2.45) is 0 Å². The van der Waals surface area contributed by atoms with Gasteiger partial charge in [0.2, 0.25) is 0 Å². The van der Waals surface area contributed by atoms with Crippen LogP contribution in [-0.4, -0.2) is 37.1 Å². The molecular weight excluding hydrogens is 446 g/mol. The van der Waals surface area contributed by atoms with Crippen molar-refractivity contribution >= 4 is 23.1 Å². The van der Waals surface area contributed by atoms with Crippen LogP contribution in [0.15, 0.2) is 78.4 Å². The molecule has 0 aromatic heterocycles. The molecule has 35 heavy (non-hydrogen) atoms. The second kappa shape index (κ2) is 9.93. The van der Waals surface area contributed by atoms with Crippen molar-refractivity contribution in [3.05, 3.63) is 89.5 Å². The van der Waals surface area contributed by atoms with Crippen LogP contribution in [0, 0.1) is 0 Å². The summed E-state index contributed by atoms with van der Waals surface area (Å²) in [6.45, 7) is 3.85. The largest absolute Gasteiger partial charge is 0.507 e. The van der Waals surface area contributed by atoms with Crippen LogP contribution >= 0.6 is 0 Å². The SMILES string of the molecule is COc1ccc(/C(O)=C2/C(=O)C(=O)N(c3ccc(OC(C)C)cc3)C2c2ccccc2OC)cc1. The Morgan fingerprint density at radius 1 is 0.857 bits per heavy atom. The maximum atomic E-state index is 13.3. The summed E-state index contributed by atoms with van der Waals surface area (Å²) in [4.78, 5) is 28.0. The number of para-hydroxylation sites is 1. The average molecular weight is 474 g/mol. The van der Waals surface area contributed by atoms with E-state index in [2.05, 4.69) is 0 Å². The minimum atomic E-state index is -0.898. The number of carbonyl (C=O) groups is 2. The van der Waals surface area contributed by atoms with Crippen LogP contribution in [0.2, 0.25) is 0 Å². The Morgan fingerprint density at radius 3 is 2.09 bits per heavy atom.